The predicted molar refractivity (Wildman–Crippen MR) is 61.1 cm³/mol. The summed E-state index contributed by atoms with van der Waals surface area (Å²) < 4.78 is 0. The number of thioether (sulfide) groups is 1. The number of rotatable bonds is 5. The van der Waals surface area contributed by atoms with Crippen LogP contribution in [0.25, 0.3) is 0 Å². The SMILES string of the molecule is [CH2]CCCc1cccc(SCC)c1. The molecule has 0 atom stereocenters. The smallest absolute Gasteiger partial charge is 0.00745 e. The zero-order valence-electron chi connectivity index (χ0n) is 8.25. The van der Waals surface area contributed by atoms with Gasteiger partial charge in [-0.1, -0.05) is 32.4 Å². The molecule has 0 aliphatic heterocycles. The van der Waals surface area contributed by atoms with Crippen LogP contribution in [0.1, 0.15) is 25.3 Å². The van der Waals surface area contributed by atoms with E-state index in [0.717, 1.165) is 12.2 Å². The van der Waals surface area contributed by atoms with Crippen molar-refractivity contribution in [2.75, 3.05) is 5.75 Å². The average molecular weight is 193 g/mol. The fraction of sp³-hybridized carbons (Fsp3) is 0.417. The number of benzene rings is 1. The molecule has 0 N–H and O–H groups in total. The van der Waals surface area contributed by atoms with Gasteiger partial charge in [-0.05, 0) is 36.3 Å². The van der Waals surface area contributed by atoms with Crippen LogP contribution in [0.3, 0.4) is 0 Å². The summed E-state index contributed by atoms with van der Waals surface area (Å²) in [5.41, 5.74) is 1.45. The van der Waals surface area contributed by atoms with Gasteiger partial charge in [-0.3, -0.25) is 0 Å². The van der Waals surface area contributed by atoms with Gasteiger partial charge in [0, 0.05) is 4.90 Å². The van der Waals surface area contributed by atoms with Crippen LogP contribution in [0.5, 0.6) is 0 Å². The van der Waals surface area contributed by atoms with Gasteiger partial charge in [0.15, 0.2) is 0 Å². The van der Waals surface area contributed by atoms with Crippen LogP contribution in [0.4, 0.5) is 0 Å². The lowest BCUT2D eigenvalue weighted by Crippen LogP contribution is -1.84. The van der Waals surface area contributed by atoms with Crippen molar-refractivity contribution in [3.8, 4) is 0 Å². The van der Waals surface area contributed by atoms with Crippen molar-refractivity contribution >= 4 is 11.8 Å². The average Bonchev–Trinajstić information content (AvgIpc) is 2.16. The maximum Gasteiger partial charge on any atom is 0.00745 e. The van der Waals surface area contributed by atoms with Gasteiger partial charge in [0.05, 0.1) is 0 Å². The maximum atomic E-state index is 3.85. The lowest BCUT2D eigenvalue weighted by molar-refractivity contribution is 0.838. The highest BCUT2D eigenvalue weighted by Gasteiger charge is 1.95. The van der Waals surface area contributed by atoms with Crippen molar-refractivity contribution in [1.29, 1.82) is 0 Å². The second-order valence-corrected chi connectivity index (χ2v) is 4.37. The molecule has 13 heavy (non-hydrogen) atoms. The molecular weight excluding hydrogens is 176 g/mol. The fourth-order valence-corrected chi connectivity index (χ4v) is 2.03. The summed E-state index contributed by atoms with van der Waals surface area (Å²) >= 11 is 1.91. The summed E-state index contributed by atoms with van der Waals surface area (Å²) in [5.74, 6) is 1.15. The Hall–Kier alpha value is -0.430. The van der Waals surface area contributed by atoms with Crippen molar-refractivity contribution in [3.63, 3.8) is 0 Å². The lowest BCUT2D eigenvalue weighted by atomic mass is 10.1. The molecule has 0 amide bonds. The van der Waals surface area contributed by atoms with Crippen LogP contribution in [-0.2, 0) is 6.42 Å². The maximum absolute atomic E-state index is 3.85. The Labute approximate surface area is 85.7 Å². The molecule has 0 aliphatic rings. The van der Waals surface area contributed by atoms with Crippen molar-refractivity contribution < 1.29 is 0 Å². The largest absolute Gasteiger partial charge is 0.126 e. The van der Waals surface area contributed by atoms with Gasteiger partial charge >= 0.3 is 0 Å². The minimum absolute atomic E-state index is 1.03. The molecule has 1 aromatic carbocycles. The Morgan fingerprint density at radius 2 is 2.23 bits per heavy atom. The van der Waals surface area contributed by atoms with Crippen molar-refractivity contribution in [3.05, 3.63) is 36.8 Å². The van der Waals surface area contributed by atoms with Gasteiger partial charge < -0.3 is 0 Å². The summed E-state index contributed by atoms with van der Waals surface area (Å²) in [6, 6.07) is 8.83. The molecule has 0 spiro atoms. The van der Waals surface area contributed by atoms with Crippen LogP contribution < -0.4 is 0 Å². The number of unbranched alkanes of at least 4 members (excludes halogenated alkanes) is 1. The highest BCUT2D eigenvalue weighted by Crippen LogP contribution is 2.19. The second-order valence-electron chi connectivity index (χ2n) is 3.04. The van der Waals surface area contributed by atoms with Gasteiger partial charge in [0.1, 0.15) is 0 Å². The molecule has 0 bridgehead atoms. The third-order valence-corrected chi connectivity index (χ3v) is 2.80. The summed E-state index contributed by atoms with van der Waals surface area (Å²) in [6.07, 6.45) is 3.40. The molecule has 1 aromatic rings. The molecule has 0 aliphatic carbocycles. The van der Waals surface area contributed by atoms with Crippen molar-refractivity contribution in [2.24, 2.45) is 0 Å². The van der Waals surface area contributed by atoms with Crippen LogP contribution in [0.2, 0.25) is 0 Å². The zero-order chi connectivity index (χ0) is 9.52. The van der Waals surface area contributed by atoms with Gasteiger partial charge in [-0.15, -0.1) is 11.8 Å². The fourth-order valence-electron chi connectivity index (χ4n) is 1.29. The molecule has 1 heteroatoms. The molecule has 1 radical (unpaired) electrons. The van der Waals surface area contributed by atoms with E-state index in [1.807, 2.05) is 11.8 Å². The minimum atomic E-state index is 1.03. The Morgan fingerprint density at radius 1 is 1.38 bits per heavy atom. The lowest BCUT2D eigenvalue weighted by Gasteiger charge is -2.02. The van der Waals surface area contributed by atoms with Crippen molar-refractivity contribution in [2.45, 2.75) is 31.1 Å². The molecule has 0 fully saturated rings. The number of hydrogen-bond donors (Lipinski definition) is 0. The Balaban J connectivity index is 2.56. The van der Waals surface area contributed by atoms with Crippen LogP contribution >= 0.6 is 11.8 Å². The van der Waals surface area contributed by atoms with E-state index in [-0.39, 0.29) is 0 Å². The first-order chi connectivity index (χ1) is 6.36. The summed E-state index contributed by atoms with van der Waals surface area (Å²) in [4.78, 5) is 1.39. The third-order valence-electron chi connectivity index (χ3n) is 1.92. The van der Waals surface area contributed by atoms with E-state index in [9.17, 15) is 0 Å². The van der Waals surface area contributed by atoms with E-state index >= 15 is 0 Å². The molecular formula is C12H17S. The van der Waals surface area contributed by atoms with Gasteiger partial charge in [0.25, 0.3) is 0 Å². The van der Waals surface area contributed by atoms with Gasteiger partial charge in [-0.25, -0.2) is 0 Å². The number of hydrogen-bond acceptors (Lipinski definition) is 1. The predicted octanol–water partition coefficient (Wildman–Crippen LogP) is 3.96. The van der Waals surface area contributed by atoms with E-state index in [1.165, 1.54) is 23.3 Å². The van der Waals surface area contributed by atoms with E-state index in [4.69, 9.17) is 0 Å². The summed E-state index contributed by atoms with van der Waals surface area (Å²) in [6.45, 7) is 6.04. The molecule has 0 heterocycles. The molecule has 0 saturated heterocycles. The van der Waals surface area contributed by atoms with Crippen LogP contribution in [0.15, 0.2) is 29.2 Å². The number of aryl methyl sites for hydroxylation is 1. The summed E-state index contributed by atoms with van der Waals surface area (Å²) in [7, 11) is 0. The van der Waals surface area contributed by atoms with E-state index < -0.39 is 0 Å². The molecule has 0 unspecified atom stereocenters. The normalized spacial score (nSPS) is 10.3. The second kappa shape index (κ2) is 6.09. The van der Waals surface area contributed by atoms with E-state index in [0.29, 0.717) is 0 Å². The Bertz CT molecular complexity index is 243. The topological polar surface area (TPSA) is 0 Å². The zero-order valence-corrected chi connectivity index (χ0v) is 9.07. The van der Waals surface area contributed by atoms with Gasteiger partial charge in [-0.2, -0.15) is 0 Å². The molecule has 0 saturated carbocycles. The van der Waals surface area contributed by atoms with Crippen LogP contribution in [0, 0.1) is 6.92 Å². The first-order valence-electron chi connectivity index (χ1n) is 4.87. The Kier molecular flexibility index (Phi) is 4.99. The highest BCUT2D eigenvalue weighted by atomic mass is 32.2. The quantitative estimate of drug-likeness (QED) is 0.638. The van der Waals surface area contributed by atoms with E-state index in [2.05, 4.69) is 38.1 Å². The monoisotopic (exact) mass is 193 g/mol. The Morgan fingerprint density at radius 3 is 2.92 bits per heavy atom. The minimum Gasteiger partial charge on any atom is -0.126 e. The molecule has 0 nitrogen and oxygen atoms in total. The first kappa shape index (κ1) is 10.6. The van der Waals surface area contributed by atoms with Gasteiger partial charge in [0.2, 0.25) is 0 Å². The standard InChI is InChI=1S/C12H17S/c1-3-5-7-11-8-6-9-12(10-11)13-4-2/h6,8-10H,1,3-5,7H2,2H3. The third kappa shape index (κ3) is 3.86. The van der Waals surface area contributed by atoms with E-state index in [1.54, 1.807) is 0 Å². The molecule has 1 rings (SSSR count). The summed E-state index contributed by atoms with van der Waals surface area (Å²) in [5, 5.41) is 0. The molecule has 71 valence electrons. The van der Waals surface area contributed by atoms with Crippen molar-refractivity contribution in [1.82, 2.24) is 0 Å². The highest BCUT2D eigenvalue weighted by molar-refractivity contribution is 7.99. The molecule has 0 aromatic heterocycles. The first-order valence-corrected chi connectivity index (χ1v) is 5.86. The van der Waals surface area contributed by atoms with Crippen LogP contribution in [-0.4, -0.2) is 5.75 Å².